The first kappa shape index (κ1) is 22.8. The molecule has 1 aliphatic heterocycles. The maximum Gasteiger partial charge on any atom is 0.295 e. The number of hydrogen-bond acceptors (Lipinski definition) is 4. The molecule has 0 saturated carbocycles. The van der Waals surface area contributed by atoms with Gasteiger partial charge in [0, 0.05) is 16.6 Å². The predicted molar refractivity (Wildman–Crippen MR) is 131 cm³/mol. The van der Waals surface area contributed by atoms with Crippen LogP contribution in [-0.4, -0.2) is 28.3 Å². The molecule has 1 N–H and O–H groups in total. The molecular weight excluding hydrogens is 482 g/mol. The van der Waals surface area contributed by atoms with E-state index in [1.54, 1.807) is 12.1 Å². The smallest absolute Gasteiger partial charge is 0.295 e. The van der Waals surface area contributed by atoms with Gasteiger partial charge in [-0.25, -0.2) is 0 Å². The summed E-state index contributed by atoms with van der Waals surface area (Å²) in [5.41, 5.74) is 3.13. The fraction of sp³-hybridized carbons (Fsp3) is 0.185. The van der Waals surface area contributed by atoms with Crippen LogP contribution < -0.4 is 4.74 Å². The molecule has 5 nitrogen and oxygen atoms in total. The number of Topliss-reactive ketones (excluding diaryl/α,β-unsaturated/α-hetero) is 1. The summed E-state index contributed by atoms with van der Waals surface area (Å²) < 4.78 is 6.39. The van der Waals surface area contributed by atoms with E-state index < -0.39 is 17.7 Å². The van der Waals surface area contributed by atoms with Crippen LogP contribution in [0.4, 0.5) is 0 Å². The lowest BCUT2D eigenvalue weighted by atomic mass is 9.95. The zero-order valence-corrected chi connectivity index (χ0v) is 20.0. The number of nitrogens with zero attached hydrogens (tertiary/aromatic N) is 1. The summed E-state index contributed by atoms with van der Waals surface area (Å²) in [7, 11) is 0. The van der Waals surface area contributed by atoms with Crippen LogP contribution >= 0.6 is 15.9 Å². The zero-order valence-electron chi connectivity index (χ0n) is 18.4. The SMILES string of the molecule is CCOc1ccc(CN2C(=O)C(=O)/C(=C(\O)c3ccc(Br)c(C)c3)C2c2ccccc2)cc1. The van der Waals surface area contributed by atoms with E-state index in [1.165, 1.54) is 4.90 Å². The van der Waals surface area contributed by atoms with Crippen LogP contribution in [0.3, 0.4) is 0 Å². The number of halogens is 1. The molecule has 0 bridgehead atoms. The molecule has 0 radical (unpaired) electrons. The van der Waals surface area contributed by atoms with Crippen molar-refractivity contribution in [1.82, 2.24) is 4.90 Å². The second-order valence-corrected chi connectivity index (χ2v) is 8.73. The summed E-state index contributed by atoms with van der Waals surface area (Å²) in [6.07, 6.45) is 0. The van der Waals surface area contributed by atoms with Crippen LogP contribution in [0, 0.1) is 6.92 Å². The van der Waals surface area contributed by atoms with Crippen LogP contribution in [-0.2, 0) is 16.1 Å². The van der Waals surface area contributed by atoms with Gasteiger partial charge in [0.15, 0.2) is 0 Å². The van der Waals surface area contributed by atoms with E-state index in [4.69, 9.17) is 4.74 Å². The Morgan fingerprint density at radius 3 is 2.36 bits per heavy atom. The number of ketones is 1. The van der Waals surface area contributed by atoms with E-state index in [0.29, 0.717) is 12.2 Å². The molecule has 1 fully saturated rings. The van der Waals surface area contributed by atoms with E-state index in [9.17, 15) is 14.7 Å². The van der Waals surface area contributed by atoms with Crippen molar-refractivity contribution >= 4 is 33.4 Å². The van der Waals surface area contributed by atoms with Crippen LogP contribution in [0.5, 0.6) is 5.75 Å². The second-order valence-electron chi connectivity index (χ2n) is 7.88. The molecule has 3 aromatic carbocycles. The predicted octanol–water partition coefficient (Wildman–Crippen LogP) is 5.78. The third-order valence-corrected chi connectivity index (χ3v) is 6.56. The highest BCUT2D eigenvalue weighted by Crippen LogP contribution is 2.40. The summed E-state index contributed by atoms with van der Waals surface area (Å²) in [5, 5.41) is 11.2. The molecular formula is C27H24BrNO4. The molecule has 0 aromatic heterocycles. The Balaban J connectivity index is 1.79. The number of amides is 1. The monoisotopic (exact) mass is 505 g/mol. The topological polar surface area (TPSA) is 66.8 Å². The minimum Gasteiger partial charge on any atom is -0.507 e. The van der Waals surface area contributed by atoms with Gasteiger partial charge in [-0.3, -0.25) is 9.59 Å². The van der Waals surface area contributed by atoms with Crippen molar-refractivity contribution in [3.63, 3.8) is 0 Å². The lowest BCUT2D eigenvalue weighted by Crippen LogP contribution is -2.29. The van der Waals surface area contributed by atoms with E-state index >= 15 is 0 Å². The Hall–Kier alpha value is -3.38. The van der Waals surface area contributed by atoms with Gasteiger partial charge in [0.25, 0.3) is 11.7 Å². The Labute approximate surface area is 201 Å². The van der Waals surface area contributed by atoms with Gasteiger partial charge in [0.05, 0.1) is 18.2 Å². The van der Waals surface area contributed by atoms with Crippen molar-refractivity contribution < 1.29 is 19.4 Å². The van der Waals surface area contributed by atoms with E-state index in [-0.39, 0.29) is 17.9 Å². The number of benzene rings is 3. The van der Waals surface area contributed by atoms with Gasteiger partial charge >= 0.3 is 0 Å². The lowest BCUT2D eigenvalue weighted by molar-refractivity contribution is -0.140. The van der Waals surface area contributed by atoms with Crippen molar-refractivity contribution in [3.8, 4) is 5.75 Å². The number of rotatable bonds is 6. The van der Waals surface area contributed by atoms with Gasteiger partial charge in [-0.05, 0) is 54.8 Å². The minimum atomic E-state index is -0.693. The molecule has 0 spiro atoms. The number of aryl methyl sites for hydroxylation is 1. The molecule has 1 unspecified atom stereocenters. The van der Waals surface area contributed by atoms with Gasteiger partial charge in [-0.15, -0.1) is 0 Å². The van der Waals surface area contributed by atoms with Crippen molar-refractivity contribution in [2.24, 2.45) is 0 Å². The summed E-state index contributed by atoms with van der Waals surface area (Å²) in [6, 6.07) is 21.4. The van der Waals surface area contributed by atoms with Crippen LogP contribution in [0.25, 0.3) is 5.76 Å². The Morgan fingerprint density at radius 1 is 1.03 bits per heavy atom. The first-order valence-corrected chi connectivity index (χ1v) is 11.5. The Kier molecular flexibility index (Phi) is 6.65. The first-order valence-electron chi connectivity index (χ1n) is 10.7. The van der Waals surface area contributed by atoms with Crippen LogP contribution in [0.1, 0.15) is 35.2 Å². The lowest BCUT2D eigenvalue weighted by Gasteiger charge is -2.25. The second kappa shape index (κ2) is 9.63. The van der Waals surface area contributed by atoms with Crippen LogP contribution in [0.2, 0.25) is 0 Å². The molecule has 0 aliphatic carbocycles. The van der Waals surface area contributed by atoms with Crippen LogP contribution in [0.15, 0.2) is 82.8 Å². The minimum absolute atomic E-state index is 0.0962. The number of aliphatic hydroxyl groups excluding tert-OH is 1. The highest BCUT2D eigenvalue weighted by molar-refractivity contribution is 9.10. The zero-order chi connectivity index (χ0) is 23.5. The number of likely N-dealkylation sites (tertiary alicyclic amines) is 1. The molecule has 1 heterocycles. The molecule has 1 atom stereocenters. The highest BCUT2D eigenvalue weighted by Gasteiger charge is 2.46. The quantitative estimate of drug-likeness (QED) is 0.262. The van der Waals surface area contributed by atoms with Crippen molar-refractivity contribution in [2.45, 2.75) is 26.4 Å². The summed E-state index contributed by atoms with van der Waals surface area (Å²) in [5.74, 6) is -0.749. The largest absolute Gasteiger partial charge is 0.507 e. The fourth-order valence-electron chi connectivity index (χ4n) is 4.03. The maximum absolute atomic E-state index is 13.2. The standard InChI is InChI=1S/C27H24BrNO4/c1-3-33-21-12-9-18(10-13-21)16-29-24(19-7-5-4-6-8-19)23(26(31)27(29)32)25(30)20-11-14-22(28)17(2)15-20/h4-15,24,30H,3,16H2,1-2H3/b25-23-. The number of aliphatic hydroxyl groups is 1. The molecule has 1 saturated heterocycles. The molecule has 1 aliphatic rings. The van der Waals surface area contributed by atoms with E-state index in [1.807, 2.05) is 74.5 Å². The third-order valence-electron chi connectivity index (χ3n) is 5.67. The van der Waals surface area contributed by atoms with Crippen molar-refractivity contribution in [2.75, 3.05) is 6.61 Å². The average molecular weight is 506 g/mol. The van der Waals surface area contributed by atoms with Gasteiger partial charge in [0.1, 0.15) is 11.5 Å². The summed E-state index contributed by atoms with van der Waals surface area (Å²) in [4.78, 5) is 27.8. The number of hydrogen-bond donors (Lipinski definition) is 1. The number of ether oxygens (including phenoxy) is 1. The molecule has 1 amide bonds. The van der Waals surface area contributed by atoms with Gasteiger partial charge < -0.3 is 14.7 Å². The maximum atomic E-state index is 13.2. The van der Waals surface area contributed by atoms with Gasteiger partial charge in [-0.2, -0.15) is 0 Å². The summed E-state index contributed by atoms with van der Waals surface area (Å²) in [6.45, 7) is 4.62. The number of carbonyl (C=O) groups excluding carboxylic acids is 2. The molecule has 33 heavy (non-hydrogen) atoms. The van der Waals surface area contributed by atoms with Gasteiger partial charge in [0.2, 0.25) is 0 Å². The molecule has 168 valence electrons. The normalized spacial score (nSPS) is 17.4. The average Bonchev–Trinajstić information content (AvgIpc) is 3.07. The van der Waals surface area contributed by atoms with Crippen molar-refractivity contribution in [1.29, 1.82) is 0 Å². The van der Waals surface area contributed by atoms with E-state index in [0.717, 1.165) is 26.9 Å². The Morgan fingerprint density at radius 2 is 1.73 bits per heavy atom. The van der Waals surface area contributed by atoms with E-state index in [2.05, 4.69) is 15.9 Å². The number of carbonyl (C=O) groups is 2. The van der Waals surface area contributed by atoms with Gasteiger partial charge in [-0.1, -0.05) is 64.5 Å². The molecule has 6 heteroatoms. The fourth-order valence-corrected chi connectivity index (χ4v) is 4.27. The Bertz CT molecular complexity index is 1220. The first-order chi connectivity index (χ1) is 15.9. The third kappa shape index (κ3) is 4.57. The summed E-state index contributed by atoms with van der Waals surface area (Å²) >= 11 is 3.46. The highest BCUT2D eigenvalue weighted by atomic mass is 79.9. The molecule has 3 aromatic rings. The molecule has 4 rings (SSSR count). The van der Waals surface area contributed by atoms with Crippen molar-refractivity contribution in [3.05, 3.63) is 105 Å².